The Morgan fingerprint density at radius 3 is 2.19 bits per heavy atom. The fraction of sp³-hybridized carbons (Fsp3) is 0.571. The average molecular weight is 221 g/mol. The fourth-order valence-corrected chi connectivity index (χ4v) is 1.46. The first kappa shape index (κ1) is 13.2. The summed E-state index contributed by atoms with van der Waals surface area (Å²) < 4.78 is 5.48. The molecule has 0 aliphatic rings. The zero-order valence-electron chi connectivity index (χ0n) is 10.8. The molecule has 1 rings (SSSR count). The van der Waals surface area contributed by atoms with E-state index in [1.54, 1.807) is 0 Å². The lowest BCUT2D eigenvalue weighted by molar-refractivity contribution is 0.111. The van der Waals surface area contributed by atoms with Gasteiger partial charge in [-0.05, 0) is 23.5 Å². The third kappa shape index (κ3) is 4.33. The Hall–Kier alpha value is -0.860. The molecule has 0 heterocycles. The second-order valence-corrected chi connectivity index (χ2v) is 5.44. The van der Waals surface area contributed by atoms with Crippen molar-refractivity contribution in [1.82, 2.24) is 0 Å². The van der Waals surface area contributed by atoms with Crippen LogP contribution < -0.4 is 5.73 Å². The Morgan fingerprint density at radius 1 is 1.19 bits per heavy atom. The molecule has 0 radical (unpaired) electrons. The summed E-state index contributed by atoms with van der Waals surface area (Å²) >= 11 is 0. The Kier molecular flexibility index (Phi) is 4.51. The van der Waals surface area contributed by atoms with Crippen LogP contribution in [-0.2, 0) is 16.8 Å². The topological polar surface area (TPSA) is 35.2 Å². The van der Waals surface area contributed by atoms with E-state index in [2.05, 4.69) is 45.0 Å². The van der Waals surface area contributed by atoms with E-state index in [1.807, 2.05) is 6.92 Å². The third-order valence-corrected chi connectivity index (χ3v) is 2.47. The maximum atomic E-state index is 5.61. The standard InChI is InChI=1S/C14H23NO/c1-11(15)9-16-10-12-5-7-13(8-6-12)14(2,3)4/h5-8,11H,9-10,15H2,1-4H3. The second kappa shape index (κ2) is 5.46. The maximum absolute atomic E-state index is 5.61. The maximum Gasteiger partial charge on any atom is 0.0717 e. The Labute approximate surface area is 98.8 Å². The monoisotopic (exact) mass is 221 g/mol. The molecule has 16 heavy (non-hydrogen) atoms. The molecule has 1 atom stereocenters. The quantitative estimate of drug-likeness (QED) is 0.848. The van der Waals surface area contributed by atoms with Crippen LogP contribution in [0.15, 0.2) is 24.3 Å². The van der Waals surface area contributed by atoms with Gasteiger partial charge in [0.15, 0.2) is 0 Å². The molecular weight excluding hydrogens is 198 g/mol. The zero-order chi connectivity index (χ0) is 12.2. The number of nitrogens with two attached hydrogens (primary N) is 1. The summed E-state index contributed by atoms with van der Waals surface area (Å²) in [6.45, 7) is 9.85. The van der Waals surface area contributed by atoms with Gasteiger partial charge < -0.3 is 10.5 Å². The summed E-state index contributed by atoms with van der Waals surface area (Å²) in [6, 6.07) is 8.70. The first-order valence-electron chi connectivity index (χ1n) is 5.82. The van der Waals surface area contributed by atoms with E-state index in [0.29, 0.717) is 13.2 Å². The summed E-state index contributed by atoms with van der Waals surface area (Å²) in [5.41, 5.74) is 8.38. The highest BCUT2D eigenvalue weighted by Gasteiger charge is 2.12. The first-order chi connectivity index (χ1) is 7.39. The van der Waals surface area contributed by atoms with Crippen LogP contribution in [0.25, 0.3) is 0 Å². The van der Waals surface area contributed by atoms with Crippen LogP contribution in [-0.4, -0.2) is 12.6 Å². The molecule has 0 fully saturated rings. The molecule has 0 amide bonds. The molecule has 90 valence electrons. The van der Waals surface area contributed by atoms with Gasteiger partial charge in [0.2, 0.25) is 0 Å². The van der Waals surface area contributed by atoms with Crippen molar-refractivity contribution in [1.29, 1.82) is 0 Å². The van der Waals surface area contributed by atoms with E-state index in [-0.39, 0.29) is 11.5 Å². The van der Waals surface area contributed by atoms with E-state index >= 15 is 0 Å². The van der Waals surface area contributed by atoms with Gasteiger partial charge in [0.05, 0.1) is 13.2 Å². The van der Waals surface area contributed by atoms with Gasteiger partial charge in [-0.15, -0.1) is 0 Å². The molecule has 1 unspecified atom stereocenters. The molecule has 1 aromatic carbocycles. The minimum absolute atomic E-state index is 0.105. The summed E-state index contributed by atoms with van der Waals surface area (Å²) in [4.78, 5) is 0. The minimum Gasteiger partial charge on any atom is -0.375 e. The molecule has 0 saturated heterocycles. The van der Waals surface area contributed by atoms with Gasteiger partial charge in [-0.25, -0.2) is 0 Å². The van der Waals surface area contributed by atoms with Crippen LogP contribution in [0.5, 0.6) is 0 Å². The van der Waals surface area contributed by atoms with E-state index in [9.17, 15) is 0 Å². The Bertz CT molecular complexity index is 309. The molecule has 0 spiro atoms. The van der Waals surface area contributed by atoms with Crippen molar-refractivity contribution in [2.24, 2.45) is 5.73 Å². The van der Waals surface area contributed by atoms with Crippen LogP contribution in [0.2, 0.25) is 0 Å². The summed E-state index contributed by atoms with van der Waals surface area (Å²) in [5, 5.41) is 0. The van der Waals surface area contributed by atoms with Crippen molar-refractivity contribution in [2.45, 2.75) is 45.8 Å². The number of hydrogen-bond acceptors (Lipinski definition) is 2. The summed E-state index contributed by atoms with van der Waals surface area (Å²) in [6.07, 6.45) is 0. The smallest absolute Gasteiger partial charge is 0.0717 e. The van der Waals surface area contributed by atoms with Gasteiger partial charge in [0.1, 0.15) is 0 Å². The first-order valence-corrected chi connectivity index (χ1v) is 5.82. The SMILES string of the molecule is CC(N)COCc1ccc(C(C)(C)C)cc1. The summed E-state index contributed by atoms with van der Waals surface area (Å²) in [7, 11) is 0. The van der Waals surface area contributed by atoms with Gasteiger partial charge in [-0.3, -0.25) is 0 Å². The van der Waals surface area contributed by atoms with E-state index in [1.165, 1.54) is 11.1 Å². The van der Waals surface area contributed by atoms with Gasteiger partial charge in [0, 0.05) is 6.04 Å². The molecule has 0 saturated carbocycles. The number of benzene rings is 1. The predicted octanol–water partition coefficient (Wildman–Crippen LogP) is 2.85. The third-order valence-electron chi connectivity index (χ3n) is 2.47. The van der Waals surface area contributed by atoms with Crippen molar-refractivity contribution in [3.63, 3.8) is 0 Å². The van der Waals surface area contributed by atoms with E-state index in [4.69, 9.17) is 10.5 Å². The van der Waals surface area contributed by atoms with Crippen molar-refractivity contribution in [3.8, 4) is 0 Å². The lowest BCUT2D eigenvalue weighted by atomic mass is 9.87. The second-order valence-electron chi connectivity index (χ2n) is 5.44. The van der Waals surface area contributed by atoms with E-state index in [0.717, 1.165) is 0 Å². The normalized spacial score (nSPS) is 13.8. The van der Waals surface area contributed by atoms with Gasteiger partial charge in [0.25, 0.3) is 0 Å². The van der Waals surface area contributed by atoms with Crippen molar-refractivity contribution in [2.75, 3.05) is 6.61 Å². The number of ether oxygens (including phenoxy) is 1. The highest BCUT2D eigenvalue weighted by atomic mass is 16.5. The zero-order valence-corrected chi connectivity index (χ0v) is 10.8. The van der Waals surface area contributed by atoms with Crippen LogP contribution in [0.3, 0.4) is 0 Å². The molecule has 2 heteroatoms. The minimum atomic E-state index is 0.105. The average Bonchev–Trinajstić information content (AvgIpc) is 2.16. The lowest BCUT2D eigenvalue weighted by Gasteiger charge is -2.19. The van der Waals surface area contributed by atoms with Gasteiger partial charge >= 0.3 is 0 Å². The summed E-state index contributed by atoms with van der Waals surface area (Å²) in [5.74, 6) is 0. The highest BCUT2D eigenvalue weighted by molar-refractivity contribution is 5.27. The molecule has 0 aliphatic carbocycles. The van der Waals surface area contributed by atoms with Crippen molar-refractivity contribution < 1.29 is 4.74 Å². The molecule has 2 nitrogen and oxygen atoms in total. The predicted molar refractivity (Wildman–Crippen MR) is 68.4 cm³/mol. The van der Waals surface area contributed by atoms with Crippen molar-refractivity contribution in [3.05, 3.63) is 35.4 Å². The molecule has 2 N–H and O–H groups in total. The molecular formula is C14H23NO. The Morgan fingerprint density at radius 2 is 1.75 bits per heavy atom. The largest absolute Gasteiger partial charge is 0.375 e. The van der Waals surface area contributed by atoms with Crippen LogP contribution >= 0.6 is 0 Å². The van der Waals surface area contributed by atoms with Gasteiger partial charge in [-0.2, -0.15) is 0 Å². The van der Waals surface area contributed by atoms with Gasteiger partial charge in [-0.1, -0.05) is 45.0 Å². The number of rotatable bonds is 4. The fourth-order valence-electron chi connectivity index (χ4n) is 1.46. The molecule has 0 bridgehead atoms. The van der Waals surface area contributed by atoms with Crippen molar-refractivity contribution >= 4 is 0 Å². The van der Waals surface area contributed by atoms with Crippen LogP contribution in [0.1, 0.15) is 38.8 Å². The molecule has 0 aliphatic heterocycles. The van der Waals surface area contributed by atoms with E-state index < -0.39 is 0 Å². The lowest BCUT2D eigenvalue weighted by Crippen LogP contribution is -2.21. The highest BCUT2D eigenvalue weighted by Crippen LogP contribution is 2.22. The van der Waals surface area contributed by atoms with Crippen LogP contribution in [0, 0.1) is 0 Å². The molecule has 1 aromatic rings. The number of hydrogen-bond donors (Lipinski definition) is 1. The molecule has 0 aromatic heterocycles. The Balaban J connectivity index is 2.52. The van der Waals surface area contributed by atoms with Crippen LogP contribution in [0.4, 0.5) is 0 Å².